The quantitative estimate of drug-likeness (QED) is 0.418. The van der Waals surface area contributed by atoms with Crippen molar-refractivity contribution in [1.82, 2.24) is 5.32 Å². The topological polar surface area (TPSA) is 133 Å². The van der Waals surface area contributed by atoms with E-state index in [2.05, 4.69) is 10.6 Å². The molecule has 0 atom stereocenters. The molecule has 35 heavy (non-hydrogen) atoms. The third-order valence-corrected chi connectivity index (χ3v) is 6.82. The Balaban J connectivity index is 1.92. The SMILES string of the molecule is CC(=O)Nc1ccccc1N(CC(=O)NCc1cccc(C(=O)O)c1)S(=O)(=O)c1ccc(C)cc1. The number of nitrogens with zero attached hydrogens (tertiary/aromatic N) is 1. The molecule has 3 aromatic carbocycles. The fourth-order valence-electron chi connectivity index (χ4n) is 3.32. The largest absolute Gasteiger partial charge is 0.478 e. The second-order valence-electron chi connectivity index (χ2n) is 7.81. The lowest BCUT2D eigenvalue weighted by molar-refractivity contribution is -0.119. The Morgan fingerprint density at radius 3 is 2.29 bits per heavy atom. The van der Waals surface area contributed by atoms with Crippen LogP contribution < -0.4 is 14.9 Å². The lowest BCUT2D eigenvalue weighted by atomic mass is 10.1. The van der Waals surface area contributed by atoms with Crippen molar-refractivity contribution in [2.24, 2.45) is 0 Å². The first-order valence-corrected chi connectivity index (χ1v) is 12.1. The molecule has 182 valence electrons. The van der Waals surface area contributed by atoms with Gasteiger partial charge in [-0.2, -0.15) is 0 Å². The van der Waals surface area contributed by atoms with Crippen molar-refractivity contribution < 1.29 is 27.9 Å². The lowest BCUT2D eigenvalue weighted by Crippen LogP contribution is -2.41. The molecule has 0 aliphatic heterocycles. The van der Waals surface area contributed by atoms with E-state index in [1.54, 1.807) is 42.5 Å². The number of benzene rings is 3. The Bertz CT molecular complexity index is 1350. The smallest absolute Gasteiger partial charge is 0.335 e. The van der Waals surface area contributed by atoms with Crippen molar-refractivity contribution in [3.8, 4) is 0 Å². The fraction of sp³-hybridized carbons (Fsp3) is 0.160. The third kappa shape index (κ3) is 6.45. The first-order valence-electron chi connectivity index (χ1n) is 10.6. The number of anilines is 2. The summed E-state index contributed by atoms with van der Waals surface area (Å²) in [5, 5.41) is 14.4. The summed E-state index contributed by atoms with van der Waals surface area (Å²) in [6.07, 6.45) is 0. The zero-order chi connectivity index (χ0) is 25.6. The number of aromatic carboxylic acids is 1. The zero-order valence-corrected chi connectivity index (χ0v) is 20.0. The van der Waals surface area contributed by atoms with E-state index in [0.29, 0.717) is 5.56 Å². The van der Waals surface area contributed by atoms with Crippen molar-refractivity contribution in [2.75, 3.05) is 16.2 Å². The van der Waals surface area contributed by atoms with Crippen molar-refractivity contribution in [3.63, 3.8) is 0 Å². The van der Waals surface area contributed by atoms with Gasteiger partial charge >= 0.3 is 5.97 Å². The first kappa shape index (κ1) is 25.4. The van der Waals surface area contributed by atoms with Crippen LogP contribution in [0.3, 0.4) is 0 Å². The van der Waals surface area contributed by atoms with E-state index in [1.165, 1.54) is 37.3 Å². The number of rotatable bonds is 9. The number of para-hydroxylation sites is 2. The molecule has 0 spiro atoms. The van der Waals surface area contributed by atoms with Crippen molar-refractivity contribution in [3.05, 3.63) is 89.5 Å². The Hall–Kier alpha value is -4.18. The second kappa shape index (κ2) is 10.8. The predicted molar refractivity (Wildman–Crippen MR) is 132 cm³/mol. The highest BCUT2D eigenvalue weighted by molar-refractivity contribution is 7.92. The number of carboxylic acids is 1. The van der Waals surface area contributed by atoms with E-state index in [0.717, 1.165) is 9.87 Å². The maximum absolute atomic E-state index is 13.6. The van der Waals surface area contributed by atoms with Gasteiger partial charge in [-0.1, -0.05) is 42.0 Å². The normalized spacial score (nSPS) is 10.9. The van der Waals surface area contributed by atoms with E-state index < -0.39 is 34.4 Å². The molecule has 0 bridgehead atoms. The van der Waals surface area contributed by atoms with Crippen LogP contribution in [-0.2, 0) is 26.2 Å². The number of carbonyl (C=O) groups is 3. The second-order valence-corrected chi connectivity index (χ2v) is 9.67. The van der Waals surface area contributed by atoms with Crippen LogP contribution >= 0.6 is 0 Å². The molecule has 0 saturated carbocycles. The van der Waals surface area contributed by atoms with Crippen LogP contribution in [0.5, 0.6) is 0 Å². The van der Waals surface area contributed by atoms with Gasteiger partial charge in [-0.3, -0.25) is 13.9 Å². The molecule has 0 aromatic heterocycles. The maximum Gasteiger partial charge on any atom is 0.335 e. The van der Waals surface area contributed by atoms with Gasteiger partial charge < -0.3 is 15.7 Å². The number of sulfonamides is 1. The number of carboxylic acid groups (broad SMARTS) is 1. The number of hydrogen-bond acceptors (Lipinski definition) is 5. The minimum absolute atomic E-state index is 0.00567. The molecule has 3 N–H and O–H groups in total. The number of amides is 2. The van der Waals surface area contributed by atoms with Gasteiger partial charge in [0.15, 0.2) is 0 Å². The van der Waals surface area contributed by atoms with Gasteiger partial charge in [0, 0.05) is 13.5 Å². The standard InChI is InChI=1S/C25H25N3O6S/c1-17-10-12-21(13-11-17)35(33,34)28(23-9-4-3-8-22(23)27-18(2)29)16-24(30)26-15-19-6-5-7-20(14-19)25(31)32/h3-14H,15-16H2,1-2H3,(H,26,30)(H,27,29)(H,31,32). The Labute approximate surface area is 203 Å². The predicted octanol–water partition coefficient (Wildman–Crippen LogP) is 3.16. The summed E-state index contributed by atoms with van der Waals surface area (Å²) < 4.78 is 28.1. The van der Waals surface area contributed by atoms with Crippen LogP contribution in [0.1, 0.15) is 28.4 Å². The summed E-state index contributed by atoms with van der Waals surface area (Å²) >= 11 is 0. The van der Waals surface area contributed by atoms with E-state index >= 15 is 0 Å². The first-order chi connectivity index (χ1) is 16.6. The number of hydrogen-bond donors (Lipinski definition) is 3. The Morgan fingerprint density at radius 1 is 0.943 bits per heavy atom. The Kier molecular flexibility index (Phi) is 7.87. The molecular formula is C25H25N3O6S. The van der Waals surface area contributed by atoms with E-state index in [4.69, 9.17) is 5.11 Å². The van der Waals surface area contributed by atoms with Crippen molar-refractivity contribution in [1.29, 1.82) is 0 Å². The molecule has 0 aliphatic rings. The van der Waals surface area contributed by atoms with Gasteiger partial charge in [0.05, 0.1) is 21.8 Å². The monoisotopic (exact) mass is 495 g/mol. The summed E-state index contributed by atoms with van der Waals surface area (Å²) in [5.74, 6) is -2.10. The molecule has 2 amide bonds. The number of carbonyl (C=O) groups excluding carboxylic acids is 2. The highest BCUT2D eigenvalue weighted by Crippen LogP contribution is 2.30. The molecule has 3 rings (SSSR count). The summed E-state index contributed by atoms with van der Waals surface area (Å²) in [4.78, 5) is 35.7. The molecule has 0 saturated heterocycles. The summed E-state index contributed by atoms with van der Waals surface area (Å²) in [6, 6.07) is 18.6. The summed E-state index contributed by atoms with van der Waals surface area (Å²) in [5.41, 5.74) is 1.86. The van der Waals surface area contributed by atoms with Crippen LogP contribution in [0.4, 0.5) is 11.4 Å². The minimum Gasteiger partial charge on any atom is -0.478 e. The highest BCUT2D eigenvalue weighted by atomic mass is 32.2. The molecule has 3 aromatic rings. The van der Waals surface area contributed by atoms with Gasteiger partial charge in [-0.25, -0.2) is 13.2 Å². The van der Waals surface area contributed by atoms with Crippen LogP contribution in [0.2, 0.25) is 0 Å². The molecule has 0 aliphatic carbocycles. The zero-order valence-electron chi connectivity index (χ0n) is 19.2. The minimum atomic E-state index is -4.18. The number of aryl methyl sites for hydroxylation is 1. The average molecular weight is 496 g/mol. The van der Waals surface area contributed by atoms with Crippen LogP contribution in [0.25, 0.3) is 0 Å². The summed E-state index contributed by atoms with van der Waals surface area (Å²) in [6.45, 7) is 2.57. The molecule has 10 heteroatoms. The van der Waals surface area contributed by atoms with Gasteiger partial charge in [0.1, 0.15) is 6.54 Å². The van der Waals surface area contributed by atoms with Crippen molar-refractivity contribution in [2.45, 2.75) is 25.3 Å². The van der Waals surface area contributed by atoms with Gasteiger partial charge in [-0.15, -0.1) is 0 Å². The van der Waals surface area contributed by atoms with Gasteiger partial charge in [-0.05, 0) is 48.9 Å². The van der Waals surface area contributed by atoms with E-state index in [9.17, 15) is 22.8 Å². The summed E-state index contributed by atoms with van der Waals surface area (Å²) in [7, 11) is -4.18. The average Bonchev–Trinajstić information content (AvgIpc) is 2.82. The van der Waals surface area contributed by atoms with Crippen LogP contribution in [0, 0.1) is 6.92 Å². The van der Waals surface area contributed by atoms with E-state index in [1.807, 2.05) is 6.92 Å². The van der Waals surface area contributed by atoms with Crippen LogP contribution in [0.15, 0.2) is 77.7 Å². The molecule has 0 heterocycles. The van der Waals surface area contributed by atoms with Crippen molar-refractivity contribution >= 4 is 39.2 Å². The van der Waals surface area contributed by atoms with Gasteiger partial charge in [0.25, 0.3) is 10.0 Å². The molecular weight excluding hydrogens is 470 g/mol. The molecule has 0 fully saturated rings. The molecule has 9 nitrogen and oxygen atoms in total. The van der Waals surface area contributed by atoms with Gasteiger partial charge in [0.2, 0.25) is 11.8 Å². The fourth-order valence-corrected chi connectivity index (χ4v) is 4.76. The lowest BCUT2D eigenvalue weighted by Gasteiger charge is -2.26. The molecule has 0 unspecified atom stereocenters. The van der Waals surface area contributed by atoms with E-state index in [-0.39, 0.29) is 28.4 Å². The third-order valence-electron chi connectivity index (χ3n) is 5.04. The highest BCUT2D eigenvalue weighted by Gasteiger charge is 2.29. The van der Waals surface area contributed by atoms with Crippen LogP contribution in [-0.4, -0.2) is 37.9 Å². The number of nitrogens with one attached hydrogen (secondary N) is 2. The maximum atomic E-state index is 13.6. The Morgan fingerprint density at radius 2 is 1.63 bits per heavy atom. The molecule has 0 radical (unpaired) electrons.